The summed E-state index contributed by atoms with van der Waals surface area (Å²) in [7, 11) is 1.59. The van der Waals surface area contributed by atoms with E-state index in [0.29, 0.717) is 11.3 Å². The van der Waals surface area contributed by atoms with Crippen molar-refractivity contribution in [1.29, 1.82) is 0 Å². The molecule has 0 aliphatic heterocycles. The molecule has 0 aliphatic carbocycles. The van der Waals surface area contributed by atoms with Crippen LogP contribution in [0.2, 0.25) is 0 Å². The fraction of sp³-hybridized carbons (Fsp3) is 0.0714. The van der Waals surface area contributed by atoms with Crippen LogP contribution in [0.15, 0.2) is 48.5 Å². The van der Waals surface area contributed by atoms with Gasteiger partial charge in [-0.3, -0.25) is 10.0 Å². The Balaban J connectivity index is 2.53. The minimum Gasteiger partial charge on any atom is -0.497 e. The highest BCUT2D eigenvalue weighted by Gasteiger charge is 2.11. The lowest BCUT2D eigenvalue weighted by Crippen LogP contribution is -2.19. The Morgan fingerprint density at radius 3 is 2.67 bits per heavy atom. The first kappa shape index (κ1) is 12.1. The number of rotatable bonds is 3. The van der Waals surface area contributed by atoms with Gasteiger partial charge in [-0.1, -0.05) is 30.3 Å². The standard InChI is InChI=1S/C14H13NO3/c1-18-11-6-4-5-10(9-11)12-7-2-3-8-13(12)14(16)15-17/h2-9,17H,1H3,(H,15,16). The number of amides is 1. The molecule has 2 aromatic rings. The zero-order valence-corrected chi connectivity index (χ0v) is 9.88. The van der Waals surface area contributed by atoms with Crippen molar-refractivity contribution in [2.24, 2.45) is 0 Å². The highest BCUT2D eigenvalue weighted by Crippen LogP contribution is 2.26. The first-order valence-electron chi connectivity index (χ1n) is 5.44. The molecular formula is C14H13NO3. The average molecular weight is 243 g/mol. The van der Waals surface area contributed by atoms with Gasteiger partial charge in [0.05, 0.1) is 7.11 Å². The Hall–Kier alpha value is -2.33. The number of hydrogen-bond acceptors (Lipinski definition) is 3. The molecule has 0 spiro atoms. The van der Waals surface area contributed by atoms with Gasteiger partial charge >= 0.3 is 0 Å². The minimum absolute atomic E-state index is 0.410. The van der Waals surface area contributed by atoms with Crippen LogP contribution < -0.4 is 10.2 Å². The third-order valence-corrected chi connectivity index (χ3v) is 2.65. The molecule has 0 saturated heterocycles. The summed E-state index contributed by atoms with van der Waals surface area (Å²) in [6.45, 7) is 0. The molecule has 2 N–H and O–H groups in total. The maximum absolute atomic E-state index is 11.6. The average Bonchev–Trinajstić information content (AvgIpc) is 2.46. The van der Waals surface area contributed by atoms with Crippen molar-refractivity contribution >= 4 is 5.91 Å². The van der Waals surface area contributed by atoms with Gasteiger partial charge < -0.3 is 4.74 Å². The normalized spacial score (nSPS) is 9.89. The summed E-state index contributed by atoms with van der Waals surface area (Å²) in [5.74, 6) is 0.181. The second-order valence-electron chi connectivity index (χ2n) is 3.72. The molecule has 92 valence electrons. The lowest BCUT2D eigenvalue weighted by molar-refractivity contribution is 0.0707. The Bertz CT molecular complexity index is 566. The Kier molecular flexibility index (Phi) is 3.60. The second-order valence-corrected chi connectivity index (χ2v) is 3.72. The number of nitrogens with one attached hydrogen (secondary N) is 1. The Labute approximate surface area is 105 Å². The maximum Gasteiger partial charge on any atom is 0.275 e. The molecule has 0 aliphatic rings. The molecule has 0 atom stereocenters. The smallest absolute Gasteiger partial charge is 0.275 e. The molecule has 4 heteroatoms. The van der Waals surface area contributed by atoms with Crippen molar-refractivity contribution in [3.8, 4) is 16.9 Å². The zero-order chi connectivity index (χ0) is 13.0. The summed E-state index contributed by atoms with van der Waals surface area (Å²) in [5.41, 5.74) is 3.65. The van der Waals surface area contributed by atoms with Crippen LogP contribution in [0.25, 0.3) is 11.1 Å². The summed E-state index contributed by atoms with van der Waals surface area (Å²) >= 11 is 0. The molecule has 0 saturated carbocycles. The summed E-state index contributed by atoms with van der Waals surface area (Å²) < 4.78 is 5.15. The van der Waals surface area contributed by atoms with Crippen LogP contribution in [0.5, 0.6) is 5.75 Å². The van der Waals surface area contributed by atoms with E-state index < -0.39 is 5.91 Å². The fourth-order valence-electron chi connectivity index (χ4n) is 1.78. The topological polar surface area (TPSA) is 58.6 Å². The summed E-state index contributed by atoms with van der Waals surface area (Å²) in [6, 6.07) is 14.5. The van der Waals surface area contributed by atoms with Gasteiger partial charge in [0, 0.05) is 5.56 Å². The first-order chi connectivity index (χ1) is 8.76. The van der Waals surface area contributed by atoms with Crippen LogP contribution in [-0.4, -0.2) is 18.2 Å². The second kappa shape index (κ2) is 5.33. The molecule has 0 aromatic heterocycles. The van der Waals surface area contributed by atoms with E-state index in [0.717, 1.165) is 11.1 Å². The molecule has 1 amide bonds. The Morgan fingerprint density at radius 1 is 1.17 bits per heavy atom. The molecule has 2 rings (SSSR count). The van der Waals surface area contributed by atoms with Crippen molar-refractivity contribution in [2.75, 3.05) is 7.11 Å². The van der Waals surface area contributed by atoms with Crippen molar-refractivity contribution in [3.63, 3.8) is 0 Å². The van der Waals surface area contributed by atoms with Gasteiger partial charge in [0.1, 0.15) is 5.75 Å². The van der Waals surface area contributed by atoms with Crippen LogP contribution in [0.4, 0.5) is 0 Å². The van der Waals surface area contributed by atoms with Gasteiger partial charge in [-0.25, -0.2) is 5.48 Å². The molecule has 4 nitrogen and oxygen atoms in total. The third kappa shape index (κ3) is 2.33. The number of hydroxylamine groups is 1. The third-order valence-electron chi connectivity index (χ3n) is 2.65. The van der Waals surface area contributed by atoms with Gasteiger partial charge in [-0.2, -0.15) is 0 Å². The molecule has 2 aromatic carbocycles. The van der Waals surface area contributed by atoms with E-state index in [-0.39, 0.29) is 0 Å². The first-order valence-corrected chi connectivity index (χ1v) is 5.44. The lowest BCUT2D eigenvalue weighted by atomic mass is 9.99. The van der Waals surface area contributed by atoms with Crippen molar-refractivity contribution < 1.29 is 14.7 Å². The monoisotopic (exact) mass is 243 g/mol. The minimum atomic E-state index is -0.534. The van der Waals surface area contributed by atoms with E-state index in [1.165, 1.54) is 0 Å². The number of ether oxygens (including phenoxy) is 1. The van der Waals surface area contributed by atoms with E-state index in [2.05, 4.69) is 0 Å². The van der Waals surface area contributed by atoms with Crippen LogP contribution >= 0.6 is 0 Å². The fourth-order valence-corrected chi connectivity index (χ4v) is 1.78. The Morgan fingerprint density at radius 2 is 1.94 bits per heavy atom. The van der Waals surface area contributed by atoms with E-state index >= 15 is 0 Å². The molecular weight excluding hydrogens is 230 g/mol. The van der Waals surface area contributed by atoms with E-state index in [4.69, 9.17) is 9.94 Å². The van der Waals surface area contributed by atoms with Crippen LogP contribution in [0.3, 0.4) is 0 Å². The number of carbonyl (C=O) groups excluding carboxylic acids is 1. The van der Waals surface area contributed by atoms with Gasteiger partial charge in [0.15, 0.2) is 0 Å². The van der Waals surface area contributed by atoms with Gasteiger partial charge in [-0.05, 0) is 29.3 Å². The molecule has 0 fully saturated rings. The van der Waals surface area contributed by atoms with Crippen LogP contribution in [-0.2, 0) is 0 Å². The SMILES string of the molecule is COc1cccc(-c2ccccc2C(=O)NO)c1. The van der Waals surface area contributed by atoms with E-state index in [1.54, 1.807) is 24.7 Å². The molecule has 0 unspecified atom stereocenters. The molecule has 18 heavy (non-hydrogen) atoms. The largest absolute Gasteiger partial charge is 0.497 e. The van der Waals surface area contributed by atoms with Crippen LogP contribution in [0, 0.1) is 0 Å². The number of methoxy groups -OCH3 is 1. The van der Waals surface area contributed by atoms with Gasteiger partial charge in [0.2, 0.25) is 0 Å². The molecule has 0 heterocycles. The molecule has 0 bridgehead atoms. The van der Waals surface area contributed by atoms with Gasteiger partial charge in [0.25, 0.3) is 5.91 Å². The van der Waals surface area contributed by atoms with Crippen molar-refractivity contribution in [1.82, 2.24) is 5.48 Å². The number of hydrogen-bond donors (Lipinski definition) is 2. The van der Waals surface area contributed by atoms with E-state index in [1.807, 2.05) is 36.4 Å². The van der Waals surface area contributed by atoms with E-state index in [9.17, 15) is 4.79 Å². The number of benzene rings is 2. The maximum atomic E-state index is 11.6. The highest BCUT2D eigenvalue weighted by molar-refractivity contribution is 6.00. The van der Waals surface area contributed by atoms with Crippen molar-refractivity contribution in [3.05, 3.63) is 54.1 Å². The summed E-state index contributed by atoms with van der Waals surface area (Å²) in [5, 5.41) is 8.74. The predicted molar refractivity (Wildman–Crippen MR) is 67.7 cm³/mol. The summed E-state index contributed by atoms with van der Waals surface area (Å²) in [6.07, 6.45) is 0. The molecule has 0 radical (unpaired) electrons. The van der Waals surface area contributed by atoms with Crippen molar-refractivity contribution in [2.45, 2.75) is 0 Å². The zero-order valence-electron chi connectivity index (χ0n) is 9.88. The lowest BCUT2D eigenvalue weighted by Gasteiger charge is -2.09. The quantitative estimate of drug-likeness (QED) is 0.643. The van der Waals surface area contributed by atoms with Gasteiger partial charge in [-0.15, -0.1) is 0 Å². The van der Waals surface area contributed by atoms with Crippen LogP contribution in [0.1, 0.15) is 10.4 Å². The predicted octanol–water partition coefficient (Wildman–Crippen LogP) is 2.48. The number of carbonyl (C=O) groups is 1. The highest BCUT2D eigenvalue weighted by atomic mass is 16.5. The summed E-state index contributed by atoms with van der Waals surface area (Å²) in [4.78, 5) is 11.6.